The highest BCUT2D eigenvalue weighted by Crippen LogP contribution is 2.40. The molecule has 2 amide bonds. The number of hydrogen-bond donors (Lipinski definition) is 1. The van der Waals surface area contributed by atoms with E-state index in [1.54, 1.807) is 37.5 Å². The lowest BCUT2D eigenvalue weighted by Crippen LogP contribution is -2.38. The van der Waals surface area contributed by atoms with Gasteiger partial charge in [0.25, 0.3) is 5.91 Å². The summed E-state index contributed by atoms with van der Waals surface area (Å²) in [4.78, 5) is 33.6. The summed E-state index contributed by atoms with van der Waals surface area (Å²) < 4.78 is 32.9. The van der Waals surface area contributed by atoms with Crippen LogP contribution in [0.4, 0.5) is 15.8 Å². The lowest BCUT2D eigenvalue weighted by atomic mass is 9.87. The van der Waals surface area contributed by atoms with Gasteiger partial charge in [-0.2, -0.15) is 0 Å². The van der Waals surface area contributed by atoms with Crippen molar-refractivity contribution in [3.05, 3.63) is 84.3 Å². The van der Waals surface area contributed by atoms with Crippen LogP contribution in [0.5, 0.6) is 17.2 Å². The fourth-order valence-electron chi connectivity index (χ4n) is 7.07. The first-order valence-electron chi connectivity index (χ1n) is 15.9. The maximum Gasteiger partial charge on any atom is 0.255 e. The minimum Gasteiger partial charge on any atom is -0.496 e. The van der Waals surface area contributed by atoms with Gasteiger partial charge in [0.05, 0.1) is 24.9 Å². The third kappa shape index (κ3) is 5.90. The van der Waals surface area contributed by atoms with Crippen LogP contribution in [0.1, 0.15) is 25.3 Å². The second kappa shape index (κ2) is 12.6. The Balaban J connectivity index is 1.06. The smallest absolute Gasteiger partial charge is 0.255 e. The van der Waals surface area contributed by atoms with Crippen LogP contribution in [0.25, 0.3) is 10.9 Å². The average molecular weight is 640 g/mol. The van der Waals surface area contributed by atoms with Gasteiger partial charge in [-0.15, -0.1) is 0 Å². The number of pyridine rings is 1. The first kappa shape index (κ1) is 31.0. The molecule has 0 saturated carbocycles. The van der Waals surface area contributed by atoms with Crippen LogP contribution in [0.15, 0.2) is 72.9 Å². The Labute approximate surface area is 273 Å². The molecule has 3 fully saturated rings. The zero-order chi connectivity index (χ0) is 32.7. The normalized spacial score (nSPS) is 23.2. The molecule has 244 valence electrons. The van der Waals surface area contributed by atoms with Gasteiger partial charge in [-0.1, -0.05) is 18.2 Å². The number of fused-ring (bicyclic) bond motifs is 1. The van der Waals surface area contributed by atoms with Crippen molar-refractivity contribution in [3.8, 4) is 17.2 Å². The molecule has 4 aromatic rings. The molecule has 3 aliphatic heterocycles. The third-order valence-corrected chi connectivity index (χ3v) is 9.76. The van der Waals surface area contributed by atoms with Gasteiger partial charge in [-0.25, -0.2) is 14.4 Å². The maximum absolute atomic E-state index is 15.4. The topological polar surface area (TPSA) is 96.5 Å². The molecule has 11 heteroatoms. The van der Waals surface area contributed by atoms with E-state index in [-0.39, 0.29) is 22.8 Å². The number of carbonyl (C=O) groups is 2. The van der Waals surface area contributed by atoms with Crippen LogP contribution in [0.3, 0.4) is 0 Å². The Morgan fingerprint density at radius 3 is 2.66 bits per heavy atom. The number of ether oxygens (including phenoxy) is 3. The molecule has 3 aliphatic rings. The Morgan fingerprint density at radius 2 is 1.91 bits per heavy atom. The van der Waals surface area contributed by atoms with E-state index in [0.717, 1.165) is 51.3 Å². The van der Waals surface area contributed by atoms with E-state index in [1.807, 2.05) is 49.4 Å². The van der Waals surface area contributed by atoms with Crippen molar-refractivity contribution in [3.63, 3.8) is 0 Å². The summed E-state index contributed by atoms with van der Waals surface area (Å²) in [6, 6.07) is 18.5. The summed E-state index contributed by atoms with van der Waals surface area (Å²) >= 11 is 0. The molecule has 1 N–H and O–H groups in total. The number of anilines is 2. The molecule has 47 heavy (non-hydrogen) atoms. The fourth-order valence-corrected chi connectivity index (χ4v) is 7.07. The number of amides is 2. The predicted molar refractivity (Wildman–Crippen MR) is 176 cm³/mol. The summed E-state index contributed by atoms with van der Waals surface area (Å²) in [5.74, 6) is -1.36. The quantitative estimate of drug-likeness (QED) is 0.248. The largest absolute Gasteiger partial charge is 0.496 e. The molecule has 3 saturated heterocycles. The SMILES string of the molecule is COc1cc2c(Oc3ccc(NC(=O)C4C(=O)N(c5ccccc5)N(C)C4C)cc3F)ccnc2cc1CN1CCC2(CCOC2)C1. The number of para-hydroxylation sites is 1. The monoisotopic (exact) mass is 639 g/mol. The molecule has 0 radical (unpaired) electrons. The van der Waals surface area contributed by atoms with Crippen molar-refractivity contribution in [1.82, 2.24) is 14.9 Å². The van der Waals surface area contributed by atoms with E-state index < -0.39 is 23.7 Å². The number of aromatic nitrogens is 1. The number of carbonyl (C=O) groups excluding carboxylic acids is 2. The Kier molecular flexibility index (Phi) is 8.29. The van der Waals surface area contributed by atoms with Gasteiger partial charge in [0, 0.05) is 67.1 Å². The van der Waals surface area contributed by atoms with E-state index in [2.05, 4.69) is 15.2 Å². The fraction of sp³-hybridized carbons (Fsp3) is 0.361. The molecule has 0 bridgehead atoms. The number of nitrogens with one attached hydrogen (secondary N) is 1. The lowest BCUT2D eigenvalue weighted by Gasteiger charge is -2.26. The molecule has 4 heterocycles. The van der Waals surface area contributed by atoms with Gasteiger partial charge in [-0.3, -0.25) is 19.5 Å². The molecule has 10 nitrogen and oxygen atoms in total. The number of methoxy groups -OCH3 is 1. The predicted octanol–water partition coefficient (Wildman–Crippen LogP) is 5.62. The first-order chi connectivity index (χ1) is 22.7. The Morgan fingerprint density at radius 1 is 1.09 bits per heavy atom. The minimum atomic E-state index is -0.967. The van der Waals surface area contributed by atoms with Crippen LogP contribution in [0.2, 0.25) is 0 Å². The Bertz CT molecular complexity index is 1810. The van der Waals surface area contributed by atoms with E-state index in [9.17, 15) is 9.59 Å². The van der Waals surface area contributed by atoms with Crippen LogP contribution < -0.4 is 19.8 Å². The van der Waals surface area contributed by atoms with Crippen molar-refractivity contribution in [2.45, 2.75) is 32.4 Å². The molecule has 3 atom stereocenters. The summed E-state index contributed by atoms with van der Waals surface area (Å²) in [6.07, 6.45) is 3.88. The number of nitrogens with zero attached hydrogens (tertiary/aromatic N) is 4. The highest BCUT2D eigenvalue weighted by molar-refractivity contribution is 6.13. The number of likely N-dealkylation sites (tertiary alicyclic amines) is 1. The van der Waals surface area contributed by atoms with Crippen LogP contribution >= 0.6 is 0 Å². The van der Waals surface area contributed by atoms with Gasteiger partial charge in [0.15, 0.2) is 11.6 Å². The van der Waals surface area contributed by atoms with Crippen LogP contribution in [-0.4, -0.2) is 73.2 Å². The summed E-state index contributed by atoms with van der Waals surface area (Å²) in [7, 11) is 3.41. The number of hydrogen-bond acceptors (Lipinski definition) is 8. The van der Waals surface area contributed by atoms with Crippen LogP contribution in [0, 0.1) is 17.2 Å². The third-order valence-electron chi connectivity index (χ3n) is 9.76. The first-order valence-corrected chi connectivity index (χ1v) is 15.9. The zero-order valence-corrected chi connectivity index (χ0v) is 26.7. The average Bonchev–Trinajstić information content (AvgIpc) is 3.76. The molecule has 1 aromatic heterocycles. The van der Waals surface area contributed by atoms with Crippen molar-refractivity contribution < 1.29 is 28.2 Å². The second-order valence-electron chi connectivity index (χ2n) is 12.8. The van der Waals surface area contributed by atoms with E-state index in [1.165, 1.54) is 17.1 Å². The second-order valence-corrected chi connectivity index (χ2v) is 12.8. The summed E-state index contributed by atoms with van der Waals surface area (Å²) in [5.41, 5.74) is 2.90. The highest BCUT2D eigenvalue weighted by Gasteiger charge is 2.47. The lowest BCUT2D eigenvalue weighted by molar-refractivity contribution is -0.129. The number of benzene rings is 3. The number of halogens is 1. The standard InChI is InChI=1S/C36H38FN5O5/c1-23-33(35(44)42(40(23)2)26-7-5-4-6-8-26)34(43)39-25-9-10-31(28(37)18-25)47-30-11-14-38-29-17-24(32(45-3)19-27(29)30)20-41-15-12-36(21-41)13-16-46-22-36/h4-11,14,17-19,23,33H,12-13,15-16,20-22H2,1-3H3,(H,39,43). The molecule has 7 rings (SSSR count). The maximum atomic E-state index is 15.4. The van der Waals surface area contributed by atoms with E-state index >= 15 is 4.39 Å². The van der Waals surface area contributed by atoms with Gasteiger partial charge >= 0.3 is 0 Å². The van der Waals surface area contributed by atoms with Crippen molar-refractivity contribution in [1.29, 1.82) is 0 Å². The molecule has 1 spiro atoms. The molecule has 3 aromatic carbocycles. The minimum absolute atomic E-state index is 0.0139. The molecular weight excluding hydrogens is 601 g/mol. The summed E-state index contributed by atoms with van der Waals surface area (Å²) in [6.45, 7) is 6.23. The Hall–Kier alpha value is -4.58. The van der Waals surface area contributed by atoms with Crippen molar-refractivity contribution in [2.24, 2.45) is 11.3 Å². The van der Waals surface area contributed by atoms with E-state index in [0.29, 0.717) is 28.1 Å². The zero-order valence-electron chi connectivity index (χ0n) is 26.7. The van der Waals surface area contributed by atoms with Gasteiger partial charge in [0.1, 0.15) is 17.4 Å². The van der Waals surface area contributed by atoms with Crippen molar-refractivity contribution >= 4 is 34.1 Å². The van der Waals surface area contributed by atoms with Gasteiger partial charge < -0.3 is 19.5 Å². The van der Waals surface area contributed by atoms with Gasteiger partial charge in [0.2, 0.25) is 5.91 Å². The van der Waals surface area contributed by atoms with Crippen LogP contribution in [-0.2, 0) is 20.9 Å². The molecule has 3 unspecified atom stereocenters. The van der Waals surface area contributed by atoms with Crippen molar-refractivity contribution in [2.75, 3.05) is 50.8 Å². The summed E-state index contributed by atoms with van der Waals surface area (Å²) in [5, 5.41) is 6.64. The molecule has 0 aliphatic carbocycles. The highest BCUT2D eigenvalue weighted by atomic mass is 19.1. The molecular formula is C36H38FN5O5. The van der Waals surface area contributed by atoms with Gasteiger partial charge in [-0.05, 0) is 68.8 Å². The number of hydrazine groups is 1. The number of rotatable bonds is 8. The van der Waals surface area contributed by atoms with E-state index in [4.69, 9.17) is 14.2 Å².